The molecule has 0 amide bonds. The van der Waals surface area contributed by atoms with E-state index in [0.717, 1.165) is 0 Å². The van der Waals surface area contributed by atoms with Crippen LogP contribution in [0.15, 0.2) is 18.2 Å². The van der Waals surface area contributed by atoms with E-state index >= 15 is 0 Å². The highest BCUT2D eigenvalue weighted by Gasteiger charge is 2.32. The molecule has 1 aromatic carbocycles. The van der Waals surface area contributed by atoms with E-state index in [1.165, 1.54) is 18.2 Å². The summed E-state index contributed by atoms with van der Waals surface area (Å²) in [6.45, 7) is 3.68. The molecular formula is C11H11O3. The summed E-state index contributed by atoms with van der Waals surface area (Å²) in [5.41, 5.74) is 0.0154. The molecule has 0 fully saturated rings. The lowest BCUT2D eigenvalue weighted by Crippen LogP contribution is -2.35. The molecule has 3 heteroatoms. The van der Waals surface area contributed by atoms with Crippen LogP contribution in [-0.2, 0) is 5.11 Å². The van der Waals surface area contributed by atoms with Crippen molar-refractivity contribution in [2.45, 2.75) is 25.9 Å². The van der Waals surface area contributed by atoms with Gasteiger partial charge in [0.15, 0.2) is 11.5 Å². The van der Waals surface area contributed by atoms with Gasteiger partial charge in [-0.3, -0.25) is 9.90 Å². The van der Waals surface area contributed by atoms with E-state index in [9.17, 15) is 9.90 Å². The van der Waals surface area contributed by atoms with Crippen LogP contribution in [0.4, 0.5) is 0 Å². The van der Waals surface area contributed by atoms with Gasteiger partial charge in [-0.05, 0) is 26.0 Å². The van der Waals surface area contributed by atoms with E-state index in [1.807, 2.05) is 13.8 Å². The second kappa shape index (κ2) is 2.74. The Kier molecular flexibility index (Phi) is 1.77. The molecule has 14 heavy (non-hydrogen) atoms. The summed E-state index contributed by atoms with van der Waals surface area (Å²) in [4.78, 5) is 11.6. The van der Waals surface area contributed by atoms with Crippen molar-refractivity contribution in [2.24, 2.45) is 0 Å². The van der Waals surface area contributed by atoms with Gasteiger partial charge in [-0.2, -0.15) is 0 Å². The second-order valence-electron chi connectivity index (χ2n) is 4.12. The molecule has 1 aliphatic heterocycles. The number of Topliss-reactive ketones (excluding diaryl/α,β-unsaturated/α-hetero) is 1. The van der Waals surface area contributed by atoms with Gasteiger partial charge < -0.3 is 4.74 Å². The number of rotatable bonds is 0. The SMILES string of the molecule is CC1(C)CC(=O)c2ccc([O])cc2O1. The number of hydrogen-bond acceptors (Lipinski definition) is 2. The normalized spacial score (nSPS) is 18.6. The van der Waals surface area contributed by atoms with Gasteiger partial charge in [0, 0.05) is 6.07 Å². The minimum atomic E-state index is -0.502. The predicted octanol–water partition coefficient (Wildman–Crippen LogP) is 2.57. The first-order valence-electron chi connectivity index (χ1n) is 4.51. The summed E-state index contributed by atoms with van der Waals surface area (Å²) in [6, 6.07) is 4.29. The van der Waals surface area contributed by atoms with Crippen molar-refractivity contribution in [1.82, 2.24) is 0 Å². The van der Waals surface area contributed by atoms with Gasteiger partial charge in [0.05, 0.1) is 12.0 Å². The minimum absolute atomic E-state index is 0.0382. The van der Waals surface area contributed by atoms with Crippen LogP contribution in [0.25, 0.3) is 0 Å². The first kappa shape index (κ1) is 9.06. The molecule has 0 saturated carbocycles. The van der Waals surface area contributed by atoms with Gasteiger partial charge >= 0.3 is 0 Å². The summed E-state index contributed by atoms with van der Waals surface area (Å²) >= 11 is 0. The van der Waals surface area contributed by atoms with Gasteiger partial charge in [0.1, 0.15) is 11.4 Å². The van der Waals surface area contributed by atoms with Crippen LogP contribution in [0.2, 0.25) is 0 Å². The molecule has 0 unspecified atom stereocenters. The summed E-state index contributed by atoms with van der Waals surface area (Å²) in [6.07, 6.45) is 0.359. The Morgan fingerprint density at radius 3 is 2.79 bits per heavy atom. The van der Waals surface area contributed by atoms with Gasteiger partial charge in [-0.15, -0.1) is 0 Å². The maximum atomic E-state index is 11.6. The number of ether oxygens (including phenoxy) is 1. The molecule has 0 atom stereocenters. The van der Waals surface area contributed by atoms with Crippen molar-refractivity contribution >= 4 is 5.78 Å². The average Bonchev–Trinajstić information content (AvgIpc) is 2.00. The zero-order valence-corrected chi connectivity index (χ0v) is 8.16. The Balaban J connectivity index is 2.51. The lowest BCUT2D eigenvalue weighted by atomic mass is 9.93. The topological polar surface area (TPSA) is 46.2 Å². The molecule has 0 bridgehead atoms. The number of carbonyl (C=O) groups is 1. The third kappa shape index (κ3) is 1.45. The van der Waals surface area contributed by atoms with E-state index in [-0.39, 0.29) is 11.5 Å². The van der Waals surface area contributed by atoms with Gasteiger partial charge in [0.25, 0.3) is 0 Å². The van der Waals surface area contributed by atoms with Crippen molar-refractivity contribution < 1.29 is 14.6 Å². The highest BCUT2D eigenvalue weighted by Crippen LogP contribution is 2.35. The van der Waals surface area contributed by atoms with Crippen molar-refractivity contribution in [3.8, 4) is 11.5 Å². The third-order valence-electron chi connectivity index (χ3n) is 2.23. The van der Waals surface area contributed by atoms with Crippen LogP contribution in [-0.4, -0.2) is 11.4 Å². The molecular weight excluding hydrogens is 180 g/mol. The number of ketones is 1. The molecule has 1 radical (unpaired) electrons. The van der Waals surface area contributed by atoms with E-state index in [1.54, 1.807) is 0 Å². The van der Waals surface area contributed by atoms with Gasteiger partial charge in [-0.1, -0.05) is 0 Å². The van der Waals surface area contributed by atoms with Crippen molar-refractivity contribution in [2.75, 3.05) is 0 Å². The fourth-order valence-corrected chi connectivity index (χ4v) is 1.63. The first-order valence-corrected chi connectivity index (χ1v) is 4.51. The van der Waals surface area contributed by atoms with Crippen LogP contribution in [0.3, 0.4) is 0 Å². The second-order valence-corrected chi connectivity index (χ2v) is 4.12. The van der Waals surface area contributed by atoms with Crippen LogP contribution in [0, 0.1) is 0 Å². The molecule has 1 aromatic rings. The van der Waals surface area contributed by atoms with Crippen LogP contribution < -0.4 is 4.74 Å². The Morgan fingerprint density at radius 2 is 2.07 bits per heavy atom. The Bertz CT molecular complexity index is 394. The van der Waals surface area contributed by atoms with E-state index in [2.05, 4.69) is 0 Å². The number of carbonyl (C=O) groups excluding carboxylic acids is 1. The van der Waals surface area contributed by atoms with Crippen LogP contribution in [0.1, 0.15) is 30.6 Å². The zero-order chi connectivity index (χ0) is 10.3. The molecule has 0 N–H and O–H groups in total. The summed E-state index contributed by atoms with van der Waals surface area (Å²) in [5.74, 6) is 0.323. The molecule has 0 aliphatic carbocycles. The summed E-state index contributed by atoms with van der Waals surface area (Å²) in [5, 5.41) is 11.1. The fourth-order valence-electron chi connectivity index (χ4n) is 1.63. The van der Waals surface area contributed by atoms with Crippen molar-refractivity contribution in [3.63, 3.8) is 0 Å². The molecule has 0 saturated heterocycles. The van der Waals surface area contributed by atoms with E-state index < -0.39 is 5.60 Å². The lowest BCUT2D eigenvalue weighted by Gasteiger charge is -2.31. The predicted molar refractivity (Wildman–Crippen MR) is 50.2 cm³/mol. The number of benzene rings is 1. The lowest BCUT2D eigenvalue weighted by molar-refractivity contribution is 0.0618. The maximum Gasteiger partial charge on any atom is 0.182 e. The summed E-state index contributed by atoms with van der Waals surface area (Å²) < 4.78 is 5.55. The van der Waals surface area contributed by atoms with Crippen LogP contribution >= 0.6 is 0 Å². The highest BCUT2D eigenvalue weighted by molar-refractivity contribution is 6.00. The largest absolute Gasteiger partial charge is 0.486 e. The quantitative estimate of drug-likeness (QED) is 0.632. The molecule has 3 nitrogen and oxygen atoms in total. The Hall–Kier alpha value is -1.51. The zero-order valence-electron chi connectivity index (χ0n) is 8.16. The van der Waals surface area contributed by atoms with Gasteiger partial charge in [-0.25, -0.2) is 0 Å². The minimum Gasteiger partial charge on any atom is -0.486 e. The molecule has 73 valence electrons. The monoisotopic (exact) mass is 191 g/mol. The average molecular weight is 191 g/mol. The van der Waals surface area contributed by atoms with Crippen LogP contribution in [0.5, 0.6) is 11.5 Å². The fraction of sp³-hybridized carbons (Fsp3) is 0.364. The third-order valence-corrected chi connectivity index (χ3v) is 2.23. The molecule has 1 heterocycles. The van der Waals surface area contributed by atoms with Gasteiger partial charge in [0.2, 0.25) is 0 Å². The van der Waals surface area contributed by atoms with Crippen molar-refractivity contribution in [1.29, 1.82) is 0 Å². The van der Waals surface area contributed by atoms with E-state index in [0.29, 0.717) is 17.7 Å². The highest BCUT2D eigenvalue weighted by atomic mass is 16.5. The van der Waals surface area contributed by atoms with E-state index in [4.69, 9.17) is 4.74 Å². The smallest absolute Gasteiger partial charge is 0.182 e. The Labute approximate surface area is 82.3 Å². The number of hydrogen-bond donors (Lipinski definition) is 0. The van der Waals surface area contributed by atoms with Crippen molar-refractivity contribution in [3.05, 3.63) is 23.8 Å². The molecule has 0 aromatic heterocycles. The molecule has 2 rings (SSSR count). The molecule has 1 aliphatic rings. The first-order chi connectivity index (χ1) is 6.48. The Morgan fingerprint density at radius 1 is 1.36 bits per heavy atom. The summed E-state index contributed by atoms with van der Waals surface area (Å²) in [7, 11) is 0. The maximum absolute atomic E-state index is 11.6. The standard InChI is InChI=1S/C11H11O3/c1-11(2)6-9(13)8-4-3-7(12)5-10(8)14-11/h3-5H,6H2,1-2H3. The number of fused-ring (bicyclic) bond motifs is 1. The molecule has 0 spiro atoms.